The van der Waals surface area contributed by atoms with E-state index in [2.05, 4.69) is 31.5 Å². The molecule has 0 aromatic heterocycles. The molecule has 0 spiro atoms. The van der Waals surface area contributed by atoms with Gasteiger partial charge in [-0.15, -0.1) is 0 Å². The molecular formula is C15H25N3O+2. The summed E-state index contributed by atoms with van der Waals surface area (Å²) in [5.41, 5.74) is 2.40. The second kappa shape index (κ2) is 6.17. The van der Waals surface area contributed by atoms with Gasteiger partial charge < -0.3 is 15.1 Å². The lowest BCUT2D eigenvalue weighted by molar-refractivity contribution is -0.875. The third kappa shape index (κ3) is 3.33. The van der Waals surface area contributed by atoms with Crippen LogP contribution in [0.4, 0.5) is 5.69 Å². The van der Waals surface area contributed by atoms with Crippen LogP contribution in [-0.2, 0) is 11.2 Å². The number of fused-ring (bicyclic) bond motifs is 1. The number of hydrogen-bond donors (Lipinski definition) is 2. The van der Waals surface area contributed by atoms with E-state index in [9.17, 15) is 4.79 Å². The van der Waals surface area contributed by atoms with Gasteiger partial charge in [0.15, 0.2) is 6.04 Å². The number of nitrogens with zero attached hydrogens (tertiary/aromatic N) is 1. The zero-order valence-corrected chi connectivity index (χ0v) is 12.1. The van der Waals surface area contributed by atoms with Crippen LogP contribution in [0.5, 0.6) is 0 Å². The summed E-state index contributed by atoms with van der Waals surface area (Å²) in [6.07, 6.45) is 0.983. The smallest absolute Gasteiger partial charge is 0.284 e. The number of nitrogens with one attached hydrogen (secondary N) is 1. The minimum absolute atomic E-state index is 0.00510. The molecule has 0 saturated carbocycles. The molecule has 1 heterocycles. The first-order valence-corrected chi connectivity index (χ1v) is 7.11. The van der Waals surface area contributed by atoms with Gasteiger partial charge in [-0.05, 0) is 25.0 Å². The Morgan fingerprint density at radius 3 is 2.89 bits per heavy atom. The Morgan fingerprint density at radius 1 is 1.42 bits per heavy atom. The number of amides is 1. The van der Waals surface area contributed by atoms with Crippen LogP contribution in [0.1, 0.15) is 12.5 Å². The van der Waals surface area contributed by atoms with Gasteiger partial charge in [-0.25, -0.2) is 0 Å². The van der Waals surface area contributed by atoms with Gasteiger partial charge >= 0.3 is 0 Å². The number of nitrogens with two attached hydrogens (primary N) is 1. The Hall–Kier alpha value is -1.39. The number of carbonyl (C=O) groups is 1. The molecule has 19 heavy (non-hydrogen) atoms. The Labute approximate surface area is 115 Å². The molecule has 1 aromatic carbocycles. The maximum Gasteiger partial charge on any atom is 0.284 e. The van der Waals surface area contributed by atoms with E-state index in [1.54, 1.807) is 0 Å². The fraction of sp³-hybridized carbons (Fsp3) is 0.533. The molecule has 2 rings (SSSR count). The molecule has 0 fully saturated rings. The zero-order valence-electron chi connectivity index (χ0n) is 12.1. The van der Waals surface area contributed by atoms with Crippen molar-refractivity contribution in [1.29, 1.82) is 0 Å². The Morgan fingerprint density at radius 2 is 2.16 bits per heavy atom. The van der Waals surface area contributed by atoms with Crippen molar-refractivity contribution in [2.45, 2.75) is 19.4 Å². The van der Waals surface area contributed by atoms with Gasteiger partial charge in [-0.2, -0.15) is 0 Å². The van der Waals surface area contributed by atoms with Crippen LogP contribution >= 0.6 is 0 Å². The zero-order chi connectivity index (χ0) is 13.8. The molecule has 0 saturated heterocycles. The second-order valence-corrected chi connectivity index (χ2v) is 5.64. The highest BCUT2D eigenvalue weighted by Crippen LogP contribution is 2.27. The Kier molecular flexibility index (Phi) is 4.56. The Balaban J connectivity index is 1.94. The van der Waals surface area contributed by atoms with Gasteiger partial charge in [0.25, 0.3) is 5.91 Å². The van der Waals surface area contributed by atoms with E-state index in [-0.39, 0.29) is 11.9 Å². The third-order valence-electron chi connectivity index (χ3n) is 3.71. The standard InChI is InChI=1S/C15H23N3O/c1-12(16-9-11-17(2)3)15(19)18-10-8-13-6-4-5-7-14(13)18/h4-7,12,16H,8-11H2,1-3H3/p+2/t12-/m0/s1. The van der Waals surface area contributed by atoms with E-state index in [0.29, 0.717) is 0 Å². The van der Waals surface area contributed by atoms with Crippen LogP contribution in [0.15, 0.2) is 24.3 Å². The van der Waals surface area contributed by atoms with E-state index < -0.39 is 0 Å². The van der Waals surface area contributed by atoms with Gasteiger partial charge in [0.05, 0.1) is 14.1 Å². The molecule has 0 radical (unpaired) electrons. The van der Waals surface area contributed by atoms with Crippen LogP contribution in [-0.4, -0.2) is 45.7 Å². The fourth-order valence-electron chi connectivity index (χ4n) is 2.54. The number of benzene rings is 1. The number of quaternary nitrogens is 2. The van der Waals surface area contributed by atoms with Gasteiger partial charge in [-0.1, -0.05) is 18.2 Å². The first-order valence-electron chi connectivity index (χ1n) is 7.11. The molecule has 0 bridgehead atoms. The average Bonchev–Trinajstić information content (AvgIpc) is 2.81. The van der Waals surface area contributed by atoms with Crippen molar-refractivity contribution in [3.05, 3.63) is 29.8 Å². The molecule has 104 valence electrons. The van der Waals surface area contributed by atoms with E-state index in [1.165, 1.54) is 10.5 Å². The first kappa shape index (κ1) is 14.0. The number of likely N-dealkylation sites (N-methyl/N-ethyl adjacent to an activating group) is 1. The third-order valence-corrected chi connectivity index (χ3v) is 3.71. The molecule has 1 atom stereocenters. The summed E-state index contributed by atoms with van der Waals surface area (Å²) in [7, 11) is 4.27. The molecule has 0 unspecified atom stereocenters. The summed E-state index contributed by atoms with van der Waals surface area (Å²) >= 11 is 0. The lowest BCUT2D eigenvalue weighted by Crippen LogP contribution is -3.10. The molecule has 3 N–H and O–H groups in total. The van der Waals surface area contributed by atoms with E-state index >= 15 is 0 Å². The van der Waals surface area contributed by atoms with Crippen molar-refractivity contribution >= 4 is 11.6 Å². The van der Waals surface area contributed by atoms with Crippen LogP contribution in [0.3, 0.4) is 0 Å². The highest BCUT2D eigenvalue weighted by molar-refractivity contribution is 5.97. The quantitative estimate of drug-likeness (QED) is 0.679. The van der Waals surface area contributed by atoms with Crippen molar-refractivity contribution in [1.82, 2.24) is 0 Å². The lowest BCUT2D eigenvalue weighted by atomic mass is 10.2. The van der Waals surface area contributed by atoms with Crippen LogP contribution in [0, 0.1) is 0 Å². The Bertz CT molecular complexity index is 445. The monoisotopic (exact) mass is 263 g/mol. The molecule has 1 amide bonds. The van der Waals surface area contributed by atoms with Gasteiger partial charge in [0.2, 0.25) is 0 Å². The number of carbonyl (C=O) groups excluding carboxylic acids is 1. The van der Waals surface area contributed by atoms with E-state index in [1.807, 2.05) is 24.0 Å². The molecular weight excluding hydrogens is 238 g/mol. The van der Waals surface area contributed by atoms with E-state index in [0.717, 1.165) is 31.7 Å². The van der Waals surface area contributed by atoms with Crippen molar-refractivity contribution in [2.24, 2.45) is 0 Å². The summed E-state index contributed by atoms with van der Waals surface area (Å²) in [5, 5.41) is 2.15. The molecule has 4 heteroatoms. The largest absolute Gasteiger partial charge is 0.335 e. The maximum absolute atomic E-state index is 12.5. The first-order chi connectivity index (χ1) is 9.09. The summed E-state index contributed by atoms with van der Waals surface area (Å²) in [5.74, 6) is 0.235. The highest BCUT2D eigenvalue weighted by atomic mass is 16.2. The molecule has 1 aliphatic heterocycles. The SMILES string of the molecule is C[C@H]([NH2+]CC[NH+](C)C)C(=O)N1CCc2ccccc21. The van der Waals surface area contributed by atoms with Crippen molar-refractivity contribution in [3.8, 4) is 0 Å². The molecule has 1 aromatic rings. The summed E-state index contributed by atoms with van der Waals surface area (Å²) in [6, 6.07) is 8.23. The normalized spacial score (nSPS) is 15.7. The van der Waals surface area contributed by atoms with Gasteiger partial charge in [-0.3, -0.25) is 4.79 Å². The summed E-state index contributed by atoms with van der Waals surface area (Å²) in [4.78, 5) is 15.8. The number of hydrogen-bond acceptors (Lipinski definition) is 1. The predicted molar refractivity (Wildman–Crippen MR) is 76.4 cm³/mol. The van der Waals surface area contributed by atoms with Crippen molar-refractivity contribution in [2.75, 3.05) is 38.6 Å². The molecule has 4 nitrogen and oxygen atoms in total. The number of rotatable bonds is 5. The predicted octanol–water partition coefficient (Wildman–Crippen LogP) is -1.33. The van der Waals surface area contributed by atoms with Crippen molar-refractivity contribution < 1.29 is 15.0 Å². The fourth-order valence-corrected chi connectivity index (χ4v) is 2.54. The second-order valence-electron chi connectivity index (χ2n) is 5.64. The van der Waals surface area contributed by atoms with Crippen LogP contribution < -0.4 is 15.1 Å². The van der Waals surface area contributed by atoms with Crippen molar-refractivity contribution in [3.63, 3.8) is 0 Å². The van der Waals surface area contributed by atoms with E-state index in [4.69, 9.17) is 0 Å². The van der Waals surface area contributed by atoms with Crippen LogP contribution in [0.2, 0.25) is 0 Å². The molecule has 0 aliphatic carbocycles. The minimum Gasteiger partial charge on any atom is -0.335 e. The topological polar surface area (TPSA) is 41.4 Å². The number of para-hydroxylation sites is 1. The molecule has 1 aliphatic rings. The van der Waals surface area contributed by atoms with Gasteiger partial charge in [0.1, 0.15) is 13.1 Å². The average molecular weight is 263 g/mol. The van der Waals surface area contributed by atoms with Gasteiger partial charge in [0, 0.05) is 12.2 Å². The number of anilines is 1. The summed E-state index contributed by atoms with van der Waals surface area (Å²) in [6.45, 7) is 4.91. The summed E-state index contributed by atoms with van der Waals surface area (Å²) < 4.78 is 0. The maximum atomic E-state index is 12.5. The highest BCUT2D eigenvalue weighted by Gasteiger charge is 2.29. The minimum atomic E-state index is 0.00510. The van der Waals surface area contributed by atoms with Crippen LogP contribution in [0.25, 0.3) is 0 Å². The lowest BCUT2D eigenvalue weighted by Gasteiger charge is -2.20.